The average molecular weight is 228 g/mol. The van der Waals surface area contributed by atoms with Gasteiger partial charge in [-0.1, -0.05) is 18.9 Å². The lowest BCUT2D eigenvalue weighted by molar-refractivity contribution is 0.121. The molecule has 0 bridgehead atoms. The normalized spacial score (nSPS) is 27.0. The Balaban J connectivity index is 1.75. The Morgan fingerprint density at radius 3 is 2.47 bits per heavy atom. The van der Waals surface area contributed by atoms with Crippen molar-refractivity contribution >= 4 is 11.9 Å². The molecular formula is C12H24N2S. The van der Waals surface area contributed by atoms with E-state index < -0.39 is 0 Å². The van der Waals surface area contributed by atoms with Crippen molar-refractivity contribution in [3.63, 3.8) is 0 Å². The van der Waals surface area contributed by atoms with Crippen LogP contribution >= 0.6 is 11.9 Å². The summed E-state index contributed by atoms with van der Waals surface area (Å²) >= 11 is 1.89. The van der Waals surface area contributed by atoms with Gasteiger partial charge in [0.1, 0.15) is 0 Å². The molecule has 0 aromatic carbocycles. The van der Waals surface area contributed by atoms with E-state index in [1.165, 1.54) is 57.4 Å². The summed E-state index contributed by atoms with van der Waals surface area (Å²) in [6.07, 6.45) is 8.54. The lowest BCUT2D eigenvalue weighted by atomic mass is 9.67. The third kappa shape index (κ3) is 3.11. The minimum Gasteiger partial charge on any atom is -0.317 e. The molecule has 1 saturated heterocycles. The van der Waals surface area contributed by atoms with Gasteiger partial charge in [0.05, 0.1) is 0 Å². The van der Waals surface area contributed by atoms with Gasteiger partial charge in [-0.15, -0.1) is 0 Å². The zero-order chi connectivity index (χ0) is 10.6. The number of nitrogens with one attached hydrogen (secondary N) is 2. The second kappa shape index (κ2) is 5.55. The molecule has 0 unspecified atom stereocenters. The molecule has 3 heteroatoms. The molecular weight excluding hydrogens is 204 g/mol. The predicted molar refractivity (Wildman–Crippen MR) is 68.1 cm³/mol. The summed E-state index contributed by atoms with van der Waals surface area (Å²) in [6, 6.07) is 0.787. The Kier molecular flexibility index (Phi) is 4.35. The molecule has 1 spiro atoms. The van der Waals surface area contributed by atoms with Crippen molar-refractivity contribution in [3.8, 4) is 0 Å². The van der Waals surface area contributed by atoms with Crippen molar-refractivity contribution in [2.45, 2.75) is 51.5 Å². The zero-order valence-corrected chi connectivity index (χ0v) is 10.7. The molecule has 1 aliphatic carbocycles. The lowest BCUT2D eigenvalue weighted by Gasteiger charge is -2.43. The van der Waals surface area contributed by atoms with E-state index in [9.17, 15) is 0 Å². The van der Waals surface area contributed by atoms with Crippen molar-refractivity contribution in [2.24, 2.45) is 5.41 Å². The van der Waals surface area contributed by atoms with E-state index in [-0.39, 0.29) is 0 Å². The Hall–Kier alpha value is 0.270. The summed E-state index contributed by atoms with van der Waals surface area (Å²) in [4.78, 5) is 0. The number of piperidine rings is 1. The molecule has 1 heterocycles. The van der Waals surface area contributed by atoms with E-state index in [4.69, 9.17) is 0 Å². The van der Waals surface area contributed by atoms with Crippen LogP contribution in [-0.4, -0.2) is 24.9 Å². The van der Waals surface area contributed by atoms with Crippen LogP contribution in [0.3, 0.4) is 0 Å². The van der Waals surface area contributed by atoms with Crippen LogP contribution in [0.1, 0.15) is 45.4 Å². The molecule has 1 aliphatic heterocycles. The van der Waals surface area contributed by atoms with Crippen molar-refractivity contribution in [1.82, 2.24) is 10.0 Å². The maximum Gasteiger partial charge on any atom is 0.0172 e. The molecule has 2 nitrogen and oxygen atoms in total. The summed E-state index contributed by atoms with van der Waals surface area (Å²) in [5, 5.41) is 3.48. The second-order valence-electron chi connectivity index (χ2n) is 5.08. The van der Waals surface area contributed by atoms with Crippen molar-refractivity contribution in [3.05, 3.63) is 0 Å². The third-order valence-corrected chi connectivity index (χ3v) is 4.89. The summed E-state index contributed by atoms with van der Waals surface area (Å²) in [5.41, 5.74) is 0.723. The highest BCUT2D eigenvalue weighted by atomic mass is 32.2. The highest BCUT2D eigenvalue weighted by Crippen LogP contribution is 2.43. The van der Waals surface area contributed by atoms with Gasteiger partial charge in [-0.25, -0.2) is 0 Å². The SMILES string of the molecule is CCSNC1CCC2(CCNCC2)CC1. The minimum atomic E-state index is 0.723. The Morgan fingerprint density at radius 2 is 1.87 bits per heavy atom. The van der Waals surface area contributed by atoms with Gasteiger partial charge in [-0.2, -0.15) is 0 Å². The molecule has 0 radical (unpaired) electrons. The molecule has 2 aliphatic rings. The largest absolute Gasteiger partial charge is 0.317 e. The quantitative estimate of drug-likeness (QED) is 0.726. The van der Waals surface area contributed by atoms with Crippen molar-refractivity contribution in [1.29, 1.82) is 0 Å². The summed E-state index contributed by atoms with van der Waals surface area (Å²) < 4.78 is 3.59. The predicted octanol–water partition coefficient (Wildman–Crippen LogP) is 2.56. The molecule has 0 amide bonds. The van der Waals surface area contributed by atoms with Crippen LogP contribution in [0.25, 0.3) is 0 Å². The van der Waals surface area contributed by atoms with Crippen LogP contribution in [-0.2, 0) is 0 Å². The lowest BCUT2D eigenvalue weighted by Crippen LogP contribution is -2.42. The van der Waals surface area contributed by atoms with Gasteiger partial charge >= 0.3 is 0 Å². The van der Waals surface area contributed by atoms with Gasteiger partial charge in [0, 0.05) is 11.8 Å². The van der Waals surface area contributed by atoms with Gasteiger partial charge in [-0.05, 0) is 57.0 Å². The van der Waals surface area contributed by atoms with Gasteiger partial charge < -0.3 is 5.32 Å². The molecule has 15 heavy (non-hydrogen) atoms. The van der Waals surface area contributed by atoms with Gasteiger partial charge in [-0.3, -0.25) is 4.72 Å². The first-order valence-corrected chi connectivity index (χ1v) is 7.41. The molecule has 88 valence electrons. The average Bonchev–Trinajstić information content (AvgIpc) is 2.30. The van der Waals surface area contributed by atoms with E-state index in [2.05, 4.69) is 17.0 Å². The highest BCUT2D eigenvalue weighted by Gasteiger charge is 2.35. The molecule has 0 atom stereocenters. The van der Waals surface area contributed by atoms with Crippen LogP contribution < -0.4 is 10.0 Å². The van der Waals surface area contributed by atoms with E-state index >= 15 is 0 Å². The molecule has 0 aromatic heterocycles. The van der Waals surface area contributed by atoms with Crippen LogP contribution in [0.2, 0.25) is 0 Å². The third-order valence-electron chi connectivity index (χ3n) is 4.10. The summed E-state index contributed by atoms with van der Waals surface area (Å²) in [7, 11) is 0. The monoisotopic (exact) mass is 228 g/mol. The highest BCUT2D eigenvalue weighted by molar-refractivity contribution is 7.97. The Labute approximate surface area is 98.1 Å². The van der Waals surface area contributed by atoms with Crippen molar-refractivity contribution < 1.29 is 0 Å². The molecule has 2 rings (SSSR count). The number of hydrogen-bond donors (Lipinski definition) is 2. The van der Waals surface area contributed by atoms with Crippen LogP contribution in [0.4, 0.5) is 0 Å². The fourth-order valence-corrected chi connectivity index (χ4v) is 3.64. The maximum atomic E-state index is 3.59. The second-order valence-corrected chi connectivity index (χ2v) is 6.18. The Bertz CT molecular complexity index is 180. The fraction of sp³-hybridized carbons (Fsp3) is 1.00. The van der Waals surface area contributed by atoms with Crippen LogP contribution in [0, 0.1) is 5.41 Å². The van der Waals surface area contributed by atoms with E-state index in [1.807, 2.05) is 11.9 Å². The molecule has 1 saturated carbocycles. The minimum absolute atomic E-state index is 0.723. The van der Waals surface area contributed by atoms with Crippen LogP contribution in [0.5, 0.6) is 0 Å². The van der Waals surface area contributed by atoms with Crippen molar-refractivity contribution in [2.75, 3.05) is 18.8 Å². The van der Waals surface area contributed by atoms with Gasteiger partial charge in [0.25, 0.3) is 0 Å². The maximum absolute atomic E-state index is 3.59. The summed E-state index contributed by atoms with van der Waals surface area (Å²) in [5.74, 6) is 1.19. The van der Waals surface area contributed by atoms with Crippen LogP contribution in [0.15, 0.2) is 0 Å². The first kappa shape index (κ1) is 11.7. The van der Waals surface area contributed by atoms with Gasteiger partial charge in [0.15, 0.2) is 0 Å². The van der Waals surface area contributed by atoms with E-state index in [1.54, 1.807) is 0 Å². The molecule has 0 aromatic rings. The standard InChI is InChI=1S/C12H24N2S/c1-2-15-14-11-3-5-12(6-4-11)7-9-13-10-8-12/h11,13-14H,2-10H2,1H3. The number of hydrogen-bond acceptors (Lipinski definition) is 3. The molecule has 2 fully saturated rings. The number of rotatable bonds is 3. The smallest absolute Gasteiger partial charge is 0.0172 e. The molecule has 2 N–H and O–H groups in total. The fourth-order valence-electron chi connectivity index (χ4n) is 3.01. The van der Waals surface area contributed by atoms with Gasteiger partial charge in [0.2, 0.25) is 0 Å². The Morgan fingerprint density at radius 1 is 1.20 bits per heavy atom. The van der Waals surface area contributed by atoms with E-state index in [0.29, 0.717) is 0 Å². The summed E-state index contributed by atoms with van der Waals surface area (Å²) in [6.45, 7) is 4.72. The zero-order valence-electron chi connectivity index (χ0n) is 9.85. The first-order valence-electron chi connectivity index (χ1n) is 6.43. The first-order chi connectivity index (χ1) is 7.35. The topological polar surface area (TPSA) is 24.1 Å². The van der Waals surface area contributed by atoms with E-state index in [0.717, 1.165) is 11.5 Å².